The average molecular weight is 165 g/mol. The van der Waals surface area contributed by atoms with Crippen LogP contribution in [0, 0.1) is 0 Å². The minimum absolute atomic E-state index is 0.700. The second-order valence-electron chi connectivity index (χ2n) is 2.51. The first-order valence-corrected chi connectivity index (χ1v) is 6.30. The maximum atomic E-state index is 6.28. The largest absolute Gasteiger partial charge is 0.160 e. The van der Waals surface area contributed by atoms with Crippen LogP contribution in [0.25, 0.3) is 0 Å². The van der Waals surface area contributed by atoms with Gasteiger partial charge in [-0.25, -0.2) is 0 Å². The molecule has 0 aromatic carbocycles. The van der Waals surface area contributed by atoms with Gasteiger partial charge in [0.15, 0.2) is 0 Å². The van der Waals surface area contributed by atoms with E-state index >= 15 is 0 Å². The van der Waals surface area contributed by atoms with Gasteiger partial charge < -0.3 is 0 Å². The molecule has 1 aliphatic rings. The van der Waals surface area contributed by atoms with Crippen LogP contribution in [0.3, 0.4) is 0 Å². The zero-order chi connectivity index (χ0) is 6.74. The molecule has 0 aromatic heterocycles. The Labute approximate surface area is 63.1 Å². The molecular weight excluding hydrogens is 152 g/mol. The fourth-order valence-electron chi connectivity index (χ4n) is 1.20. The Morgan fingerprint density at radius 2 is 2.00 bits per heavy atom. The first-order chi connectivity index (χ1) is 4.27. The van der Waals surface area contributed by atoms with Crippen molar-refractivity contribution >= 4 is 19.9 Å². The van der Waals surface area contributed by atoms with Crippen LogP contribution in [0.4, 0.5) is 0 Å². The summed E-state index contributed by atoms with van der Waals surface area (Å²) in [6, 6.07) is 0. The molecule has 0 atom stereocenters. The van der Waals surface area contributed by atoms with Crippen LogP contribution in [0.1, 0.15) is 12.8 Å². The van der Waals surface area contributed by atoms with Crippen LogP contribution in [0.15, 0.2) is 12.7 Å². The van der Waals surface area contributed by atoms with E-state index in [9.17, 15) is 0 Å². The van der Waals surface area contributed by atoms with Gasteiger partial charge in [-0.05, 0) is 24.3 Å². The molecule has 1 aliphatic heterocycles. The summed E-state index contributed by atoms with van der Waals surface area (Å²) < 4.78 is 0. The molecule has 1 saturated heterocycles. The van der Waals surface area contributed by atoms with Crippen LogP contribution < -0.4 is 0 Å². The van der Waals surface area contributed by atoms with Gasteiger partial charge in [0, 0.05) is 5.75 Å². The van der Waals surface area contributed by atoms with E-state index in [1.807, 2.05) is 6.08 Å². The monoisotopic (exact) mass is 164 g/mol. The van der Waals surface area contributed by atoms with Crippen LogP contribution in [-0.4, -0.2) is 17.3 Å². The van der Waals surface area contributed by atoms with Crippen molar-refractivity contribution in [3.05, 3.63) is 12.7 Å². The minimum Gasteiger partial charge on any atom is -0.160 e. The molecule has 0 amide bonds. The molecule has 0 nitrogen and oxygen atoms in total. The van der Waals surface area contributed by atoms with E-state index in [2.05, 4.69) is 6.58 Å². The normalized spacial score (nSPS) is 27.7. The number of halogens is 1. The summed E-state index contributed by atoms with van der Waals surface area (Å²) in [4.78, 5) is 0. The van der Waals surface area contributed by atoms with Crippen molar-refractivity contribution in [2.45, 2.75) is 12.8 Å². The van der Waals surface area contributed by atoms with E-state index in [4.69, 9.17) is 10.7 Å². The molecule has 1 heterocycles. The van der Waals surface area contributed by atoms with Gasteiger partial charge in [0.2, 0.25) is 0 Å². The van der Waals surface area contributed by atoms with Crippen LogP contribution in [-0.2, 0) is 0 Å². The predicted molar refractivity (Wildman–Crippen MR) is 47.5 cm³/mol. The highest BCUT2D eigenvalue weighted by atomic mass is 35.7. The smallest absolute Gasteiger partial charge is 0.00770 e. The molecule has 54 valence electrons. The van der Waals surface area contributed by atoms with E-state index in [1.54, 1.807) is 0 Å². The standard InChI is InChI=1S/C7H13ClS/c1-2-5-9(8)6-3-4-7-9/h2H,1,3-7H2. The summed E-state index contributed by atoms with van der Waals surface area (Å²) in [7, 11) is 5.58. The van der Waals surface area contributed by atoms with Crippen molar-refractivity contribution in [1.29, 1.82) is 0 Å². The summed E-state index contributed by atoms with van der Waals surface area (Å²) in [5, 5.41) is 0. The minimum atomic E-state index is -0.700. The van der Waals surface area contributed by atoms with Crippen molar-refractivity contribution < 1.29 is 0 Å². The quantitative estimate of drug-likeness (QED) is 0.551. The third-order valence-electron chi connectivity index (χ3n) is 1.69. The molecule has 0 unspecified atom stereocenters. The highest BCUT2D eigenvalue weighted by Gasteiger charge is 2.23. The van der Waals surface area contributed by atoms with E-state index in [0.29, 0.717) is 0 Å². The number of hydrogen-bond acceptors (Lipinski definition) is 0. The fraction of sp³-hybridized carbons (Fsp3) is 0.714. The summed E-state index contributed by atoms with van der Waals surface area (Å²) in [5.74, 6) is 3.59. The van der Waals surface area contributed by atoms with Gasteiger partial charge in [-0.3, -0.25) is 0 Å². The average Bonchev–Trinajstić information content (AvgIpc) is 2.16. The second-order valence-corrected chi connectivity index (χ2v) is 7.50. The third kappa shape index (κ3) is 1.91. The van der Waals surface area contributed by atoms with Gasteiger partial charge in [0.1, 0.15) is 0 Å². The zero-order valence-electron chi connectivity index (χ0n) is 5.61. The maximum Gasteiger partial charge on any atom is 0.00770 e. The predicted octanol–water partition coefficient (Wildman–Crippen LogP) is 2.92. The lowest BCUT2D eigenvalue weighted by Gasteiger charge is -2.24. The van der Waals surface area contributed by atoms with Crippen molar-refractivity contribution in [2.24, 2.45) is 0 Å². The van der Waals surface area contributed by atoms with E-state index in [-0.39, 0.29) is 0 Å². The van der Waals surface area contributed by atoms with Crippen molar-refractivity contribution in [3.8, 4) is 0 Å². The molecule has 0 spiro atoms. The SMILES string of the molecule is C=CCS1(Cl)CCCC1. The Morgan fingerprint density at radius 3 is 2.44 bits per heavy atom. The molecule has 0 saturated carbocycles. The molecule has 0 aliphatic carbocycles. The number of hydrogen-bond donors (Lipinski definition) is 0. The molecule has 0 bridgehead atoms. The Balaban J connectivity index is 2.40. The van der Waals surface area contributed by atoms with Crippen molar-refractivity contribution in [2.75, 3.05) is 17.3 Å². The van der Waals surface area contributed by atoms with Gasteiger partial charge in [0.25, 0.3) is 0 Å². The van der Waals surface area contributed by atoms with Gasteiger partial charge in [-0.2, -0.15) is 9.24 Å². The summed E-state index contributed by atoms with van der Waals surface area (Å²) in [6.07, 6.45) is 4.65. The lowest BCUT2D eigenvalue weighted by Crippen LogP contribution is -1.95. The van der Waals surface area contributed by atoms with Gasteiger partial charge in [0.05, 0.1) is 0 Å². The molecule has 0 radical (unpaired) electrons. The van der Waals surface area contributed by atoms with Crippen LogP contribution in [0.5, 0.6) is 0 Å². The Hall–Kier alpha value is 0.380. The lowest BCUT2D eigenvalue weighted by atomic mass is 10.4. The maximum absolute atomic E-state index is 6.28. The molecule has 9 heavy (non-hydrogen) atoms. The second kappa shape index (κ2) is 2.98. The lowest BCUT2D eigenvalue weighted by molar-refractivity contribution is 0.949. The summed E-state index contributed by atoms with van der Waals surface area (Å²) >= 11 is 0. The number of rotatable bonds is 2. The molecule has 0 aromatic rings. The Bertz CT molecular complexity index is 105. The van der Waals surface area contributed by atoms with E-state index in [0.717, 1.165) is 5.75 Å². The van der Waals surface area contributed by atoms with Gasteiger partial charge >= 0.3 is 0 Å². The first-order valence-electron chi connectivity index (χ1n) is 3.34. The highest BCUT2D eigenvalue weighted by molar-refractivity contribution is 8.51. The molecule has 1 fully saturated rings. The van der Waals surface area contributed by atoms with E-state index in [1.165, 1.54) is 24.3 Å². The van der Waals surface area contributed by atoms with E-state index < -0.39 is 9.24 Å². The topological polar surface area (TPSA) is 0 Å². The fourth-order valence-corrected chi connectivity index (χ4v) is 4.53. The molecule has 0 N–H and O–H groups in total. The van der Waals surface area contributed by atoms with Crippen molar-refractivity contribution in [3.63, 3.8) is 0 Å². The van der Waals surface area contributed by atoms with Crippen LogP contribution in [0.2, 0.25) is 0 Å². The van der Waals surface area contributed by atoms with Gasteiger partial charge in [-0.1, -0.05) is 16.8 Å². The third-order valence-corrected chi connectivity index (χ3v) is 5.86. The molecule has 2 heteroatoms. The first kappa shape index (κ1) is 7.49. The van der Waals surface area contributed by atoms with Gasteiger partial charge in [-0.15, -0.1) is 6.58 Å². The Kier molecular flexibility index (Phi) is 2.48. The van der Waals surface area contributed by atoms with Crippen LogP contribution >= 0.6 is 19.9 Å². The molecular formula is C7H13ClS. The summed E-state index contributed by atoms with van der Waals surface area (Å²) in [5.41, 5.74) is 0. The van der Waals surface area contributed by atoms with Crippen molar-refractivity contribution in [1.82, 2.24) is 0 Å². The summed E-state index contributed by atoms with van der Waals surface area (Å²) in [6.45, 7) is 3.71. The highest BCUT2D eigenvalue weighted by Crippen LogP contribution is 2.58. The Morgan fingerprint density at radius 1 is 1.44 bits per heavy atom. The molecule has 1 rings (SSSR count). The zero-order valence-corrected chi connectivity index (χ0v) is 7.18.